The van der Waals surface area contributed by atoms with Gasteiger partial charge in [0.15, 0.2) is 0 Å². The number of hydrogen-bond donors (Lipinski definition) is 4. The van der Waals surface area contributed by atoms with Crippen molar-refractivity contribution >= 4 is 23.2 Å². The molecule has 2 heterocycles. The van der Waals surface area contributed by atoms with E-state index in [1.165, 1.54) is 0 Å². The molecule has 45 heavy (non-hydrogen) atoms. The molecule has 1 saturated heterocycles. The molecule has 3 aromatic carbocycles. The number of thiazole rings is 1. The van der Waals surface area contributed by atoms with Gasteiger partial charge in [0.25, 0.3) is 11.8 Å². The Morgan fingerprint density at radius 1 is 1.02 bits per heavy atom. The second kappa shape index (κ2) is 14.8. The van der Waals surface area contributed by atoms with E-state index in [0.29, 0.717) is 30.6 Å². The highest BCUT2D eigenvalue weighted by atomic mass is 32.1. The van der Waals surface area contributed by atoms with Gasteiger partial charge in [0.05, 0.1) is 18.2 Å². The summed E-state index contributed by atoms with van der Waals surface area (Å²) in [5.74, 6) is 0.0251. The number of aromatic nitrogens is 1. The zero-order chi connectivity index (χ0) is 31.9. The number of hydrogen-bond acceptors (Lipinski definition) is 7. The number of benzene rings is 3. The zero-order valence-electron chi connectivity index (χ0n) is 26.1. The highest BCUT2D eigenvalue weighted by Gasteiger charge is 2.33. The second-order valence-electron chi connectivity index (χ2n) is 12.1. The number of aliphatic hydroxyl groups excluding tert-OH is 1. The third kappa shape index (κ3) is 8.36. The van der Waals surface area contributed by atoms with Crippen LogP contribution in [0.4, 0.5) is 0 Å². The van der Waals surface area contributed by atoms with Crippen molar-refractivity contribution in [3.05, 3.63) is 117 Å². The number of nitrogens with zero attached hydrogens (tertiary/aromatic N) is 2. The van der Waals surface area contributed by atoms with Crippen LogP contribution in [0.3, 0.4) is 0 Å². The summed E-state index contributed by atoms with van der Waals surface area (Å²) in [6.07, 6.45) is 1.32. The van der Waals surface area contributed by atoms with Gasteiger partial charge >= 0.3 is 0 Å². The van der Waals surface area contributed by atoms with E-state index in [0.717, 1.165) is 40.2 Å². The van der Waals surface area contributed by atoms with Gasteiger partial charge < -0.3 is 25.7 Å². The number of phenols is 1. The minimum Gasteiger partial charge on any atom is -0.508 e. The predicted octanol–water partition coefficient (Wildman–Crippen LogP) is 5.75. The first-order chi connectivity index (χ1) is 21.7. The minimum atomic E-state index is -0.895. The summed E-state index contributed by atoms with van der Waals surface area (Å²) >= 11 is 1.58. The van der Waals surface area contributed by atoms with Crippen molar-refractivity contribution in [1.82, 2.24) is 20.5 Å². The number of phenolic OH excluding ortho intramolecular Hbond substituents is 1. The number of likely N-dealkylation sites (tertiary alicyclic amines) is 1. The van der Waals surface area contributed by atoms with Crippen molar-refractivity contribution in [2.24, 2.45) is 0 Å². The quantitative estimate of drug-likeness (QED) is 0.159. The van der Waals surface area contributed by atoms with E-state index in [4.69, 9.17) is 0 Å². The molecule has 8 nitrogen and oxygen atoms in total. The van der Waals surface area contributed by atoms with Crippen molar-refractivity contribution in [3.63, 3.8) is 0 Å². The summed E-state index contributed by atoms with van der Waals surface area (Å²) in [6, 6.07) is 21.4. The number of aromatic hydroxyl groups is 1. The number of aryl methyl sites for hydroxylation is 1. The minimum absolute atomic E-state index is 0.0524. The summed E-state index contributed by atoms with van der Waals surface area (Å²) in [5, 5.41) is 30.7. The number of carbonyl (C=O) groups excluding carboxylic acids is 2. The van der Waals surface area contributed by atoms with E-state index in [1.807, 2.05) is 53.6 Å². The molecular weight excluding hydrogens is 584 g/mol. The number of amides is 2. The van der Waals surface area contributed by atoms with Crippen LogP contribution in [0.2, 0.25) is 0 Å². The van der Waals surface area contributed by atoms with E-state index in [2.05, 4.69) is 29.5 Å². The normalized spacial score (nSPS) is 16.1. The summed E-state index contributed by atoms with van der Waals surface area (Å²) in [5.41, 5.74) is 4.72. The largest absolute Gasteiger partial charge is 0.508 e. The third-order valence-corrected chi connectivity index (χ3v) is 9.30. The Hall–Kier alpha value is -4.05. The van der Waals surface area contributed by atoms with Gasteiger partial charge in [-0.2, -0.15) is 0 Å². The lowest BCUT2D eigenvalue weighted by Crippen LogP contribution is -2.48. The van der Waals surface area contributed by atoms with Crippen molar-refractivity contribution < 1.29 is 19.8 Å². The maximum absolute atomic E-state index is 13.6. The van der Waals surface area contributed by atoms with Crippen LogP contribution in [-0.2, 0) is 13.0 Å². The summed E-state index contributed by atoms with van der Waals surface area (Å²) in [7, 11) is 0. The monoisotopic (exact) mass is 626 g/mol. The molecule has 1 aliphatic rings. The van der Waals surface area contributed by atoms with Crippen molar-refractivity contribution in [1.29, 1.82) is 0 Å². The van der Waals surface area contributed by atoms with Crippen LogP contribution in [0.25, 0.3) is 0 Å². The van der Waals surface area contributed by atoms with Gasteiger partial charge in [0, 0.05) is 41.8 Å². The highest BCUT2D eigenvalue weighted by molar-refractivity contribution is 7.09. The molecule has 9 heteroatoms. The molecule has 3 unspecified atom stereocenters. The molecule has 0 aliphatic carbocycles. The molecule has 5 rings (SSSR count). The maximum Gasteiger partial charge on any atom is 0.254 e. The molecule has 0 spiro atoms. The molecule has 4 N–H and O–H groups in total. The fourth-order valence-corrected chi connectivity index (χ4v) is 6.74. The highest BCUT2D eigenvalue weighted by Crippen LogP contribution is 2.35. The lowest BCUT2D eigenvalue weighted by atomic mass is 9.99. The number of aliphatic hydroxyl groups is 1. The standard InChI is InChI=1S/C36H42N4O4S/c1-23(2)29-15-26(16-30(41)19-29)20-37-21-33(42)31(17-25-9-5-4-6-10-25)39-34(43)27-11-7-12-28(18-27)36(44)40-14-8-13-32(40)35-38-24(3)22-45-35/h4-7,9-12,15-16,18-19,22-23,31-33,37,41-42H,8,13-14,17,20-21H2,1-3H3,(H,39,43). The van der Waals surface area contributed by atoms with Gasteiger partial charge in [-0.1, -0.05) is 56.3 Å². The van der Waals surface area contributed by atoms with E-state index in [1.54, 1.807) is 47.7 Å². The first-order valence-electron chi connectivity index (χ1n) is 15.6. The molecule has 2 amide bonds. The maximum atomic E-state index is 13.6. The smallest absolute Gasteiger partial charge is 0.254 e. The van der Waals surface area contributed by atoms with Crippen LogP contribution >= 0.6 is 11.3 Å². The van der Waals surface area contributed by atoms with Gasteiger partial charge in [0.2, 0.25) is 0 Å². The molecule has 1 aromatic heterocycles. The Morgan fingerprint density at radius 2 is 1.80 bits per heavy atom. The van der Waals surface area contributed by atoms with Crippen molar-refractivity contribution in [2.45, 2.75) is 70.7 Å². The molecule has 0 radical (unpaired) electrons. The van der Waals surface area contributed by atoms with Crippen LogP contribution in [-0.4, -0.2) is 57.1 Å². The van der Waals surface area contributed by atoms with Crippen LogP contribution in [0, 0.1) is 6.92 Å². The average Bonchev–Trinajstić information content (AvgIpc) is 3.69. The van der Waals surface area contributed by atoms with Crippen LogP contribution in [0.5, 0.6) is 5.75 Å². The van der Waals surface area contributed by atoms with E-state index < -0.39 is 12.1 Å². The Kier molecular flexibility index (Phi) is 10.7. The Labute approximate surface area is 269 Å². The van der Waals surface area contributed by atoms with Gasteiger partial charge in [-0.05, 0) is 79.1 Å². The SMILES string of the molecule is Cc1csc(C2CCCN2C(=O)c2cccc(C(=O)NC(Cc3ccccc3)C(O)CNCc3cc(O)cc(C(C)C)c3)c2)n1. The Balaban J connectivity index is 1.27. The first-order valence-corrected chi connectivity index (χ1v) is 16.5. The van der Waals surface area contributed by atoms with E-state index in [-0.39, 0.29) is 36.1 Å². The Morgan fingerprint density at radius 3 is 2.53 bits per heavy atom. The lowest BCUT2D eigenvalue weighted by molar-refractivity contribution is 0.0735. The Bertz CT molecular complexity index is 1610. The van der Waals surface area contributed by atoms with Gasteiger partial charge in [-0.25, -0.2) is 4.98 Å². The fourth-order valence-electron chi connectivity index (χ4n) is 5.80. The summed E-state index contributed by atoms with van der Waals surface area (Å²) in [4.78, 5) is 33.7. The molecule has 236 valence electrons. The van der Waals surface area contributed by atoms with Crippen molar-refractivity contribution in [2.75, 3.05) is 13.1 Å². The molecule has 0 bridgehead atoms. The van der Waals surface area contributed by atoms with Crippen LogP contribution < -0.4 is 10.6 Å². The van der Waals surface area contributed by atoms with E-state index >= 15 is 0 Å². The number of nitrogens with one attached hydrogen (secondary N) is 2. The van der Waals surface area contributed by atoms with Crippen molar-refractivity contribution in [3.8, 4) is 5.75 Å². The molecular formula is C36H42N4O4S. The zero-order valence-corrected chi connectivity index (χ0v) is 26.9. The predicted molar refractivity (Wildman–Crippen MR) is 178 cm³/mol. The molecule has 1 fully saturated rings. The third-order valence-electron chi connectivity index (χ3n) is 8.24. The topological polar surface area (TPSA) is 115 Å². The molecule has 3 atom stereocenters. The average molecular weight is 627 g/mol. The number of carbonyl (C=O) groups is 2. The molecule has 1 aliphatic heterocycles. The van der Waals surface area contributed by atoms with Crippen LogP contribution in [0.15, 0.2) is 78.2 Å². The lowest BCUT2D eigenvalue weighted by Gasteiger charge is -2.25. The summed E-state index contributed by atoms with van der Waals surface area (Å²) < 4.78 is 0. The molecule has 4 aromatic rings. The number of rotatable bonds is 12. The van der Waals surface area contributed by atoms with Crippen LogP contribution in [0.1, 0.15) is 86.8 Å². The second-order valence-corrected chi connectivity index (χ2v) is 13.0. The van der Waals surface area contributed by atoms with Gasteiger partial charge in [-0.15, -0.1) is 11.3 Å². The first kappa shape index (κ1) is 32.3. The van der Waals surface area contributed by atoms with Gasteiger partial charge in [0.1, 0.15) is 10.8 Å². The molecule has 0 saturated carbocycles. The van der Waals surface area contributed by atoms with E-state index in [9.17, 15) is 19.8 Å². The summed E-state index contributed by atoms with van der Waals surface area (Å²) in [6.45, 7) is 7.45. The fraction of sp³-hybridized carbons (Fsp3) is 0.361. The van der Waals surface area contributed by atoms with Gasteiger partial charge in [-0.3, -0.25) is 9.59 Å².